The minimum Gasteiger partial charge on any atom is -0.322 e. The summed E-state index contributed by atoms with van der Waals surface area (Å²) in [6.45, 7) is 0.667. The van der Waals surface area contributed by atoms with Crippen LogP contribution in [0.15, 0.2) is 83.8 Å². The lowest BCUT2D eigenvalue weighted by Crippen LogP contribution is -2.26. The van der Waals surface area contributed by atoms with E-state index in [2.05, 4.69) is 5.32 Å². The Labute approximate surface area is 187 Å². The minimum atomic E-state index is -3.75. The second kappa shape index (κ2) is 8.84. The third-order valence-electron chi connectivity index (χ3n) is 5.36. The first-order valence-electron chi connectivity index (χ1n) is 10.2. The van der Waals surface area contributed by atoms with Crippen molar-refractivity contribution in [1.82, 2.24) is 0 Å². The number of hydrogen-bond acceptors (Lipinski definition) is 4. The molecule has 164 valence electrons. The minimum absolute atomic E-state index is 0.0730. The summed E-state index contributed by atoms with van der Waals surface area (Å²) >= 11 is 0. The molecular weight excluding hydrogens is 426 g/mol. The molecule has 1 saturated heterocycles. The van der Waals surface area contributed by atoms with Gasteiger partial charge in [-0.2, -0.15) is 0 Å². The van der Waals surface area contributed by atoms with Crippen LogP contribution in [0.2, 0.25) is 0 Å². The number of nitrogens with zero attached hydrogens (tertiary/aromatic N) is 2. The molecule has 3 aromatic rings. The average molecular weight is 450 g/mol. The molecule has 0 aliphatic carbocycles. The van der Waals surface area contributed by atoms with E-state index in [9.17, 15) is 18.0 Å². The molecule has 2 amide bonds. The summed E-state index contributed by atoms with van der Waals surface area (Å²) < 4.78 is 26.9. The number of amides is 2. The molecule has 1 heterocycles. The van der Waals surface area contributed by atoms with Gasteiger partial charge in [0.25, 0.3) is 15.9 Å². The van der Waals surface area contributed by atoms with Crippen molar-refractivity contribution in [2.24, 2.45) is 0 Å². The SMILES string of the molecule is CN(c1cccc(C(=O)Nc2cccc(N3CCCC3=O)c2)c1)S(=O)(=O)c1ccccc1. The first-order valence-corrected chi connectivity index (χ1v) is 11.7. The summed E-state index contributed by atoms with van der Waals surface area (Å²) in [6.07, 6.45) is 1.35. The molecule has 1 aliphatic heterocycles. The Balaban J connectivity index is 1.54. The van der Waals surface area contributed by atoms with E-state index in [0.717, 1.165) is 16.4 Å². The van der Waals surface area contributed by atoms with Gasteiger partial charge in [0.2, 0.25) is 5.91 Å². The van der Waals surface area contributed by atoms with E-state index in [1.807, 2.05) is 6.07 Å². The zero-order valence-electron chi connectivity index (χ0n) is 17.6. The van der Waals surface area contributed by atoms with Crippen molar-refractivity contribution in [1.29, 1.82) is 0 Å². The van der Waals surface area contributed by atoms with Crippen molar-refractivity contribution in [2.45, 2.75) is 17.7 Å². The number of carbonyl (C=O) groups excluding carboxylic acids is 2. The van der Waals surface area contributed by atoms with Crippen LogP contribution in [0, 0.1) is 0 Å². The van der Waals surface area contributed by atoms with E-state index in [1.54, 1.807) is 59.5 Å². The molecule has 0 bridgehead atoms. The molecular formula is C24H23N3O4S. The number of sulfonamides is 1. The van der Waals surface area contributed by atoms with Crippen LogP contribution >= 0.6 is 0 Å². The molecule has 0 atom stereocenters. The molecule has 0 spiro atoms. The van der Waals surface area contributed by atoms with Gasteiger partial charge in [0, 0.05) is 37.0 Å². The number of rotatable bonds is 6. The van der Waals surface area contributed by atoms with Gasteiger partial charge in [-0.05, 0) is 55.0 Å². The normalized spacial score (nSPS) is 13.8. The largest absolute Gasteiger partial charge is 0.322 e. The fourth-order valence-electron chi connectivity index (χ4n) is 3.61. The summed E-state index contributed by atoms with van der Waals surface area (Å²) in [5.74, 6) is -0.300. The van der Waals surface area contributed by atoms with Gasteiger partial charge in [0.1, 0.15) is 0 Å². The predicted molar refractivity (Wildman–Crippen MR) is 124 cm³/mol. The number of nitrogens with one attached hydrogen (secondary N) is 1. The molecule has 0 radical (unpaired) electrons. The van der Waals surface area contributed by atoms with Crippen molar-refractivity contribution < 1.29 is 18.0 Å². The van der Waals surface area contributed by atoms with Crippen molar-refractivity contribution in [3.05, 3.63) is 84.4 Å². The Kier molecular flexibility index (Phi) is 5.96. The second-order valence-electron chi connectivity index (χ2n) is 7.49. The van der Waals surface area contributed by atoms with Gasteiger partial charge in [-0.3, -0.25) is 13.9 Å². The van der Waals surface area contributed by atoms with Crippen LogP contribution in [-0.2, 0) is 14.8 Å². The summed E-state index contributed by atoms with van der Waals surface area (Å²) in [5, 5.41) is 2.83. The Morgan fingerprint density at radius 1 is 0.969 bits per heavy atom. The van der Waals surface area contributed by atoms with Crippen LogP contribution in [0.4, 0.5) is 17.1 Å². The lowest BCUT2D eigenvalue weighted by Gasteiger charge is -2.20. The maximum Gasteiger partial charge on any atom is 0.264 e. The fraction of sp³-hybridized carbons (Fsp3) is 0.167. The predicted octanol–water partition coefficient (Wildman–Crippen LogP) is 3.89. The van der Waals surface area contributed by atoms with Gasteiger partial charge in [0.05, 0.1) is 10.6 Å². The van der Waals surface area contributed by atoms with Gasteiger partial charge in [0.15, 0.2) is 0 Å². The third-order valence-corrected chi connectivity index (χ3v) is 7.16. The van der Waals surface area contributed by atoms with Gasteiger partial charge in [-0.25, -0.2) is 8.42 Å². The first kappa shape index (κ1) is 21.6. The maximum atomic E-state index is 12.9. The van der Waals surface area contributed by atoms with E-state index in [0.29, 0.717) is 29.9 Å². The number of carbonyl (C=O) groups is 2. The van der Waals surface area contributed by atoms with E-state index < -0.39 is 10.0 Å². The average Bonchev–Trinajstić information content (AvgIpc) is 3.25. The first-order chi connectivity index (χ1) is 15.4. The number of anilines is 3. The van der Waals surface area contributed by atoms with Crippen LogP contribution in [0.3, 0.4) is 0 Å². The van der Waals surface area contributed by atoms with Crippen LogP contribution in [-0.4, -0.2) is 33.8 Å². The van der Waals surface area contributed by atoms with Gasteiger partial charge in [-0.1, -0.05) is 30.3 Å². The Morgan fingerprint density at radius 3 is 2.44 bits per heavy atom. The van der Waals surface area contributed by atoms with E-state index in [1.165, 1.54) is 25.2 Å². The molecule has 0 aromatic heterocycles. The molecule has 0 saturated carbocycles. The lowest BCUT2D eigenvalue weighted by molar-refractivity contribution is -0.117. The summed E-state index contributed by atoms with van der Waals surface area (Å²) in [6, 6.07) is 21.7. The van der Waals surface area contributed by atoms with E-state index >= 15 is 0 Å². The molecule has 4 rings (SSSR count). The monoisotopic (exact) mass is 449 g/mol. The highest BCUT2D eigenvalue weighted by molar-refractivity contribution is 7.92. The molecule has 8 heteroatoms. The third kappa shape index (κ3) is 4.36. The molecule has 7 nitrogen and oxygen atoms in total. The van der Waals surface area contributed by atoms with Crippen molar-refractivity contribution in [2.75, 3.05) is 28.1 Å². The van der Waals surface area contributed by atoms with Gasteiger partial charge < -0.3 is 10.2 Å². The molecule has 3 aromatic carbocycles. The second-order valence-corrected chi connectivity index (χ2v) is 9.46. The van der Waals surface area contributed by atoms with E-state index in [-0.39, 0.29) is 16.7 Å². The number of benzene rings is 3. The van der Waals surface area contributed by atoms with Crippen molar-refractivity contribution >= 4 is 38.9 Å². The topological polar surface area (TPSA) is 86.8 Å². The highest BCUT2D eigenvalue weighted by atomic mass is 32.2. The van der Waals surface area contributed by atoms with E-state index in [4.69, 9.17) is 0 Å². The van der Waals surface area contributed by atoms with Crippen LogP contribution in [0.1, 0.15) is 23.2 Å². The quantitative estimate of drug-likeness (QED) is 0.619. The standard InChI is InChI=1S/C24H23N3O4S/c1-26(32(30,31)22-12-3-2-4-13-22)20-10-5-8-18(16-20)24(29)25-19-9-6-11-21(17-19)27-15-7-14-23(27)28/h2-6,8-13,16-17H,7,14-15H2,1H3,(H,25,29). The van der Waals surface area contributed by atoms with Crippen molar-refractivity contribution in [3.63, 3.8) is 0 Å². The maximum absolute atomic E-state index is 12.9. The van der Waals surface area contributed by atoms with Crippen LogP contribution in [0.5, 0.6) is 0 Å². The van der Waals surface area contributed by atoms with Gasteiger partial charge >= 0.3 is 0 Å². The fourth-order valence-corrected chi connectivity index (χ4v) is 4.82. The molecule has 0 unspecified atom stereocenters. The van der Waals surface area contributed by atoms with Crippen molar-refractivity contribution in [3.8, 4) is 0 Å². The molecule has 32 heavy (non-hydrogen) atoms. The molecule has 1 N–H and O–H groups in total. The van der Waals surface area contributed by atoms with Crippen LogP contribution < -0.4 is 14.5 Å². The Morgan fingerprint density at radius 2 is 1.72 bits per heavy atom. The smallest absolute Gasteiger partial charge is 0.264 e. The zero-order valence-corrected chi connectivity index (χ0v) is 18.4. The summed E-state index contributed by atoms with van der Waals surface area (Å²) in [5.41, 5.74) is 1.99. The molecule has 1 fully saturated rings. The summed E-state index contributed by atoms with van der Waals surface area (Å²) in [7, 11) is -2.30. The highest BCUT2D eigenvalue weighted by Crippen LogP contribution is 2.26. The van der Waals surface area contributed by atoms with Crippen LogP contribution in [0.25, 0.3) is 0 Å². The lowest BCUT2D eigenvalue weighted by atomic mass is 10.1. The number of hydrogen-bond donors (Lipinski definition) is 1. The summed E-state index contributed by atoms with van der Waals surface area (Å²) in [4.78, 5) is 26.7. The zero-order chi connectivity index (χ0) is 22.7. The molecule has 1 aliphatic rings. The van der Waals surface area contributed by atoms with Gasteiger partial charge in [-0.15, -0.1) is 0 Å². The Bertz CT molecular complexity index is 1260. The highest BCUT2D eigenvalue weighted by Gasteiger charge is 2.23. The Hall–Kier alpha value is -3.65.